The van der Waals surface area contributed by atoms with Gasteiger partial charge in [-0.2, -0.15) is 0 Å². The molecule has 6 N–H and O–H groups in total. The number of nitrogens with zero attached hydrogens (tertiary/aromatic N) is 5. The minimum absolute atomic E-state index is 0.0802. The van der Waals surface area contributed by atoms with Crippen molar-refractivity contribution >= 4 is 76.7 Å². The van der Waals surface area contributed by atoms with Gasteiger partial charge in [-0.1, -0.05) is 118 Å². The number of anilines is 1. The number of ketones is 2. The molecule has 0 unspecified atom stereocenters. The maximum Gasteiger partial charge on any atom is 0.410 e. The van der Waals surface area contributed by atoms with Crippen LogP contribution in [0.3, 0.4) is 0 Å². The SMILES string of the molecule is CC[C@H](C)[C@@H]([C@@H](CC(=O)N1CCC[C@H]1[C@H](OC)[C@@H](C)C(=O)N[C@@H](Cc1ccccc1)C(=O)O)OC)N(C)C(=O)[C@@H](CC(=O)[C@H](C(C)C)N(C)C(=O)OCc1ccc(NC(=O)[C@H](CCCNC(N)=O)CC(=O)[C@H](C(C)C)N(C)C(=O)CCCCCN2C(=O)C=CC2=O)cc1)C(C)C. The number of nitrogens with one attached hydrogen (secondary N) is 3. The number of unbranched alkanes of at least 4 members (excludes halogenated alkanes) is 2. The predicted octanol–water partition coefficient (Wildman–Crippen LogP) is 7.17. The number of benzene rings is 2. The monoisotopic (exact) mass is 1340 g/mol. The second-order valence-corrected chi connectivity index (χ2v) is 26.7. The molecule has 11 atom stereocenters. The zero-order valence-electron chi connectivity index (χ0n) is 58.8. The number of imide groups is 1. The van der Waals surface area contributed by atoms with E-state index in [4.69, 9.17) is 19.9 Å². The van der Waals surface area contributed by atoms with Crippen molar-refractivity contribution in [1.82, 2.24) is 35.1 Å². The van der Waals surface area contributed by atoms with Gasteiger partial charge in [-0.25, -0.2) is 14.4 Å². The molecule has 0 saturated carbocycles. The van der Waals surface area contributed by atoms with Gasteiger partial charge in [0, 0.05) is 110 Å². The van der Waals surface area contributed by atoms with E-state index in [1.54, 1.807) is 93.2 Å². The number of carboxylic acids is 1. The van der Waals surface area contributed by atoms with Crippen molar-refractivity contribution in [2.75, 3.05) is 60.3 Å². The quantitative estimate of drug-likeness (QED) is 0.0325. The zero-order chi connectivity index (χ0) is 71.7. The van der Waals surface area contributed by atoms with Crippen molar-refractivity contribution in [2.24, 2.45) is 47.2 Å². The van der Waals surface area contributed by atoms with Gasteiger partial charge in [0.25, 0.3) is 11.8 Å². The minimum Gasteiger partial charge on any atom is -0.480 e. The van der Waals surface area contributed by atoms with E-state index in [1.165, 1.54) is 43.2 Å². The van der Waals surface area contributed by atoms with Crippen molar-refractivity contribution in [2.45, 2.75) is 195 Å². The number of Topliss-reactive ketones (excluding diaryl/α,β-unsaturated/α-hetero) is 2. The molecule has 4 rings (SSSR count). The number of urea groups is 1. The molecule has 0 radical (unpaired) electrons. The second-order valence-electron chi connectivity index (χ2n) is 26.7. The topological polar surface area (TPSA) is 331 Å². The van der Waals surface area contributed by atoms with E-state index in [0.29, 0.717) is 62.7 Å². The first-order valence-electron chi connectivity index (χ1n) is 33.7. The fourth-order valence-electron chi connectivity index (χ4n) is 13.2. The summed E-state index contributed by atoms with van der Waals surface area (Å²) >= 11 is 0. The van der Waals surface area contributed by atoms with Gasteiger partial charge in [-0.05, 0) is 85.5 Å². The van der Waals surface area contributed by atoms with Gasteiger partial charge in [0.05, 0.1) is 48.7 Å². The standard InChI is InChI=1S/C71H107N9O16/c1-15-46(8)64(57(94-13)41-61(86)79-37-23-27-54(79)65(95-14)47(9)66(87)75-53(69(90)91)38-48-24-18-16-19-25-48)77(11)68(89)52(43(2)3)40-56(82)63(45(6)7)78(12)71(93)96-42-49-29-31-51(32-30-49)74-67(88)50(26-22-35-73-70(72)92)39-55(81)62(44(4)5)76(10)58(83)28-20-17-21-36-80-59(84)33-34-60(80)85/h16,18-19,24-25,29-34,43-47,50,52-54,57,62-65H,15,17,20-23,26-28,35-42H2,1-14H3,(H,74,88)(H,75,87)(H,90,91)(H3,72,73,92)/t46-,47+,50+,52-,53-,54-,57+,62-,63-,64-,65+/m0/s1. The first kappa shape index (κ1) is 80.4. The van der Waals surface area contributed by atoms with Gasteiger partial charge in [-0.3, -0.25) is 48.1 Å². The van der Waals surface area contributed by atoms with Crippen LogP contribution in [0.2, 0.25) is 0 Å². The summed E-state index contributed by atoms with van der Waals surface area (Å²) in [6.45, 7) is 17.1. The number of likely N-dealkylation sites (N-methyl/N-ethyl adjacent to an activating group) is 3. The van der Waals surface area contributed by atoms with Gasteiger partial charge in [-0.15, -0.1) is 0 Å². The van der Waals surface area contributed by atoms with Crippen LogP contribution in [0, 0.1) is 41.4 Å². The molecule has 2 heterocycles. The minimum atomic E-state index is -1.19. The first-order chi connectivity index (χ1) is 45.4. The molecule has 2 aliphatic heterocycles. The zero-order valence-corrected chi connectivity index (χ0v) is 58.8. The van der Waals surface area contributed by atoms with Gasteiger partial charge in [0.2, 0.25) is 29.5 Å². The van der Waals surface area contributed by atoms with Gasteiger partial charge < -0.3 is 60.6 Å². The van der Waals surface area contributed by atoms with Crippen LogP contribution in [0.5, 0.6) is 0 Å². The fraction of sp³-hybridized carbons (Fsp3) is 0.634. The van der Waals surface area contributed by atoms with Gasteiger partial charge in [0.1, 0.15) is 12.6 Å². The molecule has 25 heteroatoms. The van der Waals surface area contributed by atoms with E-state index < -0.39 is 96.0 Å². The summed E-state index contributed by atoms with van der Waals surface area (Å²) < 4.78 is 17.8. The Bertz CT molecular complexity index is 2980. The average Bonchev–Trinajstić information content (AvgIpc) is 1.25. The molecule has 0 spiro atoms. The lowest BCUT2D eigenvalue weighted by Gasteiger charge is -2.41. The molecule has 1 fully saturated rings. The van der Waals surface area contributed by atoms with Crippen molar-refractivity contribution in [3.63, 3.8) is 0 Å². The van der Waals surface area contributed by atoms with Crippen molar-refractivity contribution in [3.8, 4) is 0 Å². The molecule has 1 saturated heterocycles. The molecule has 2 aliphatic rings. The van der Waals surface area contributed by atoms with Crippen LogP contribution < -0.4 is 21.7 Å². The summed E-state index contributed by atoms with van der Waals surface area (Å²) in [7, 11) is 7.64. The molecular formula is C71H107N9O16. The molecule has 2 aromatic rings. The Morgan fingerprint density at radius 3 is 1.89 bits per heavy atom. The lowest BCUT2D eigenvalue weighted by molar-refractivity contribution is -0.149. The van der Waals surface area contributed by atoms with E-state index in [0.717, 1.165) is 10.5 Å². The van der Waals surface area contributed by atoms with E-state index in [-0.39, 0.29) is 117 Å². The van der Waals surface area contributed by atoms with Crippen molar-refractivity contribution < 1.29 is 76.9 Å². The van der Waals surface area contributed by atoms with Crippen LogP contribution in [0.15, 0.2) is 66.7 Å². The van der Waals surface area contributed by atoms with E-state index in [2.05, 4.69) is 16.0 Å². The Morgan fingerprint density at radius 1 is 0.708 bits per heavy atom. The van der Waals surface area contributed by atoms with Crippen molar-refractivity contribution in [1.29, 1.82) is 0 Å². The van der Waals surface area contributed by atoms with Crippen molar-refractivity contribution in [3.05, 3.63) is 77.9 Å². The molecule has 0 aliphatic carbocycles. The number of aliphatic carboxylic acids is 1. The molecule has 532 valence electrons. The molecule has 0 bridgehead atoms. The van der Waals surface area contributed by atoms with Crippen LogP contribution in [0.1, 0.15) is 150 Å². The Balaban J connectivity index is 1.39. The Hall–Kier alpha value is -8.06. The summed E-state index contributed by atoms with van der Waals surface area (Å²) in [5.41, 5.74) is 6.95. The highest BCUT2D eigenvalue weighted by atomic mass is 16.6. The molecule has 96 heavy (non-hydrogen) atoms. The number of amides is 10. The first-order valence-corrected chi connectivity index (χ1v) is 33.7. The highest BCUT2D eigenvalue weighted by Crippen LogP contribution is 2.32. The number of nitrogens with two attached hydrogens (primary N) is 1. The van der Waals surface area contributed by atoms with Crippen LogP contribution in [-0.4, -0.2) is 198 Å². The van der Waals surface area contributed by atoms with E-state index in [9.17, 15) is 62.6 Å². The Kier molecular flexibility index (Phi) is 32.8. The summed E-state index contributed by atoms with van der Waals surface area (Å²) in [5, 5.41) is 18.1. The van der Waals surface area contributed by atoms with Gasteiger partial charge in [0.15, 0.2) is 11.6 Å². The maximum atomic E-state index is 14.9. The van der Waals surface area contributed by atoms with Gasteiger partial charge >= 0.3 is 18.1 Å². The van der Waals surface area contributed by atoms with E-state index >= 15 is 0 Å². The summed E-state index contributed by atoms with van der Waals surface area (Å²) in [6, 6.07) is 10.6. The number of carbonyl (C=O) groups is 12. The number of hydrogen-bond donors (Lipinski definition) is 5. The summed E-state index contributed by atoms with van der Waals surface area (Å²) in [6.07, 6.45) is 3.67. The number of primary amides is 1. The molecule has 2 aromatic carbocycles. The highest BCUT2D eigenvalue weighted by Gasteiger charge is 2.44. The largest absolute Gasteiger partial charge is 0.480 e. The lowest BCUT2D eigenvalue weighted by atomic mass is 9.83. The van der Waals surface area contributed by atoms with Crippen LogP contribution in [0.25, 0.3) is 0 Å². The van der Waals surface area contributed by atoms with E-state index in [1.807, 2.05) is 47.6 Å². The predicted molar refractivity (Wildman–Crippen MR) is 361 cm³/mol. The Morgan fingerprint density at radius 2 is 1.32 bits per heavy atom. The smallest absolute Gasteiger partial charge is 0.410 e. The number of likely N-dealkylation sites (tertiary alicyclic amines) is 1. The molecule has 10 amide bonds. The summed E-state index contributed by atoms with van der Waals surface area (Å²) in [5.74, 6) is -8.16. The number of ether oxygens (including phenoxy) is 3. The third kappa shape index (κ3) is 23.4. The van der Waals surface area contributed by atoms with Crippen LogP contribution >= 0.6 is 0 Å². The van der Waals surface area contributed by atoms with Crippen LogP contribution in [-0.2, 0) is 75.2 Å². The molecule has 25 nitrogen and oxygen atoms in total. The number of carbonyl (C=O) groups excluding carboxylic acids is 11. The second kappa shape index (κ2) is 39.2. The Labute approximate surface area is 566 Å². The fourth-order valence-corrected chi connectivity index (χ4v) is 13.2. The number of hydrogen-bond acceptors (Lipinski definition) is 15. The molecule has 0 aromatic heterocycles. The average molecular weight is 1340 g/mol. The lowest BCUT2D eigenvalue weighted by Crippen LogP contribution is -2.55. The third-order valence-corrected chi connectivity index (χ3v) is 18.7. The number of rotatable bonds is 41. The highest BCUT2D eigenvalue weighted by molar-refractivity contribution is 6.12. The summed E-state index contributed by atoms with van der Waals surface area (Å²) in [4.78, 5) is 168. The molecular weight excluding hydrogens is 1230 g/mol. The number of methoxy groups -OCH3 is 2. The maximum absolute atomic E-state index is 14.9. The normalized spacial score (nSPS) is 17.0. The third-order valence-electron chi connectivity index (χ3n) is 18.7. The van der Waals surface area contributed by atoms with Crippen LogP contribution in [0.4, 0.5) is 15.3 Å². The number of carboxylic acid groups (broad SMARTS) is 1.